The number of aryl methyl sites for hydroxylation is 1. The maximum Gasteiger partial charge on any atom is 0.120 e. The van der Waals surface area contributed by atoms with Gasteiger partial charge in [-0.2, -0.15) is 0 Å². The third-order valence-electron chi connectivity index (χ3n) is 5.58. The fraction of sp³-hybridized carbons (Fsp3) is 0.667. The zero-order valence-corrected chi connectivity index (χ0v) is 13.2. The van der Waals surface area contributed by atoms with E-state index in [1.165, 1.54) is 49.9 Å². The van der Waals surface area contributed by atoms with Crippen LogP contribution in [0.4, 0.5) is 0 Å². The summed E-state index contributed by atoms with van der Waals surface area (Å²) in [6, 6.07) is 7.37. The van der Waals surface area contributed by atoms with Crippen LogP contribution < -0.4 is 4.74 Å². The third-order valence-corrected chi connectivity index (χ3v) is 5.58. The van der Waals surface area contributed by atoms with Crippen molar-refractivity contribution in [3.05, 3.63) is 29.3 Å². The summed E-state index contributed by atoms with van der Waals surface area (Å²) in [7, 11) is 4.38. The van der Waals surface area contributed by atoms with Crippen molar-refractivity contribution in [1.82, 2.24) is 9.80 Å². The molecular weight excluding hydrogens is 260 g/mol. The summed E-state index contributed by atoms with van der Waals surface area (Å²) in [6.45, 7) is 3.65. The first-order valence-electron chi connectivity index (χ1n) is 8.39. The van der Waals surface area contributed by atoms with E-state index in [4.69, 9.17) is 4.74 Å². The number of fused-ring (bicyclic) bond motifs is 3. The van der Waals surface area contributed by atoms with Crippen LogP contribution in [-0.4, -0.2) is 49.6 Å². The van der Waals surface area contributed by atoms with E-state index >= 15 is 0 Å². The Hall–Kier alpha value is -1.06. The van der Waals surface area contributed by atoms with Crippen LogP contribution >= 0.6 is 0 Å². The molecule has 3 aliphatic rings. The van der Waals surface area contributed by atoms with Crippen LogP contribution in [0.5, 0.6) is 5.75 Å². The minimum Gasteiger partial charge on any atom is -0.489 e. The molecule has 0 radical (unpaired) electrons. The Morgan fingerprint density at radius 2 is 2.10 bits per heavy atom. The van der Waals surface area contributed by atoms with Gasteiger partial charge >= 0.3 is 0 Å². The first-order chi connectivity index (χ1) is 10.2. The third kappa shape index (κ3) is 2.47. The molecule has 3 heteroatoms. The van der Waals surface area contributed by atoms with Gasteiger partial charge in [0.15, 0.2) is 0 Å². The molecule has 0 aromatic heterocycles. The highest BCUT2D eigenvalue weighted by molar-refractivity contribution is 5.39. The zero-order valence-electron chi connectivity index (χ0n) is 13.2. The fourth-order valence-electron chi connectivity index (χ4n) is 4.41. The molecule has 4 rings (SSSR count). The molecule has 0 N–H and O–H groups in total. The summed E-state index contributed by atoms with van der Waals surface area (Å²) in [5.41, 5.74) is 3.01. The van der Waals surface area contributed by atoms with E-state index in [-0.39, 0.29) is 0 Å². The van der Waals surface area contributed by atoms with Crippen molar-refractivity contribution in [3.63, 3.8) is 0 Å². The molecule has 1 aromatic rings. The molecule has 0 spiro atoms. The molecule has 2 bridgehead atoms. The first-order valence-corrected chi connectivity index (χ1v) is 8.39. The lowest BCUT2D eigenvalue weighted by molar-refractivity contribution is 0.141. The molecular formula is C18H26N2O. The first kappa shape index (κ1) is 13.6. The molecule has 0 amide bonds. The van der Waals surface area contributed by atoms with Crippen LogP contribution in [0.3, 0.4) is 0 Å². The summed E-state index contributed by atoms with van der Waals surface area (Å²) < 4.78 is 6.34. The van der Waals surface area contributed by atoms with Crippen LogP contribution in [0.1, 0.15) is 36.4 Å². The van der Waals surface area contributed by atoms with Crippen molar-refractivity contribution in [1.29, 1.82) is 0 Å². The second kappa shape index (κ2) is 5.29. The summed E-state index contributed by atoms with van der Waals surface area (Å²) in [4.78, 5) is 4.89. The smallest absolute Gasteiger partial charge is 0.120 e. The molecule has 4 atom stereocenters. The van der Waals surface area contributed by atoms with Crippen LogP contribution in [-0.2, 0) is 6.42 Å². The average Bonchev–Trinajstić information content (AvgIpc) is 3.09. The van der Waals surface area contributed by atoms with Crippen LogP contribution in [0.15, 0.2) is 18.2 Å². The highest BCUT2D eigenvalue weighted by atomic mass is 16.5. The maximum absolute atomic E-state index is 6.34. The van der Waals surface area contributed by atoms with Crippen molar-refractivity contribution in [2.75, 3.05) is 33.7 Å². The number of hydrogen-bond acceptors (Lipinski definition) is 3. The van der Waals surface area contributed by atoms with E-state index in [2.05, 4.69) is 42.1 Å². The lowest BCUT2D eigenvalue weighted by atomic mass is 9.87. The van der Waals surface area contributed by atoms with Gasteiger partial charge in [-0.3, -0.25) is 4.90 Å². The van der Waals surface area contributed by atoms with Gasteiger partial charge in [0.2, 0.25) is 0 Å². The molecule has 21 heavy (non-hydrogen) atoms. The van der Waals surface area contributed by atoms with Gasteiger partial charge in [-0.15, -0.1) is 0 Å². The normalized spacial score (nSPS) is 34.2. The Morgan fingerprint density at radius 1 is 1.19 bits per heavy atom. The van der Waals surface area contributed by atoms with E-state index < -0.39 is 0 Å². The molecule has 0 saturated carbocycles. The second-order valence-electron chi connectivity index (χ2n) is 7.20. The molecule has 2 aliphatic heterocycles. The monoisotopic (exact) mass is 286 g/mol. The Balaban J connectivity index is 1.55. The van der Waals surface area contributed by atoms with Crippen molar-refractivity contribution in [2.45, 2.75) is 37.8 Å². The van der Waals surface area contributed by atoms with Crippen molar-refractivity contribution in [3.8, 4) is 5.75 Å². The van der Waals surface area contributed by atoms with E-state index in [0.717, 1.165) is 18.2 Å². The summed E-state index contributed by atoms with van der Waals surface area (Å²) >= 11 is 0. The number of hydrogen-bond donors (Lipinski definition) is 0. The number of nitrogens with zero attached hydrogens (tertiary/aromatic N) is 2. The lowest BCUT2D eigenvalue weighted by Gasteiger charge is -2.31. The predicted octanol–water partition coefficient (Wildman–Crippen LogP) is 2.71. The Bertz CT molecular complexity index is 528. The topological polar surface area (TPSA) is 15.7 Å². The summed E-state index contributed by atoms with van der Waals surface area (Å²) in [6.07, 6.45) is 5.52. The molecule has 4 unspecified atom stereocenters. The van der Waals surface area contributed by atoms with Gasteiger partial charge in [0.1, 0.15) is 11.9 Å². The fourth-order valence-corrected chi connectivity index (χ4v) is 4.41. The van der Waals surface area contributed by atoms with Crippen LogP contribution in [0, 0.1) is 5.92 Å². The SMILES string of the molecule is CN(C)C1CCCc2ccc(OC3CN4CCC3C4)cc21. The number of benzene rings is 1. The number of piperidine rings is 1. The van der Waals surface area contributed by atoms with E-state index in [1.807, 2.05) is 0 Å². The van der Waals surface area contributed by atoms with Gasteiger partial charge in [-0.25, -0.2) is 0 Å². The minimum absolute atomic E-state index is 0.415. The molecule has 114 valence electrons. The van der Waals surface area contributed by atoms with Crippen LogP contribution in [0.25, 0.3) is 0 Å². The van der Waals surface area contributed by atoms with Gasteiger partial charge < -0.3 is 9.64 Å². The maximum atomic E-state index is 6.34. The molecule has 1 aliphatic carbocycles. The quantitative estimate of drug-likeness (QED) is 0.850. The number of rotatable bonds is 3. The van der Waals surface area contributed by atoms with Gasteiger partial charge in [0.05, 0.1) is 0 Å². The average molecular weight is 286 g/mol. The Kier molecular flexibility index (Phi) is 3.43. The van der Waals surface area contributed by atoms with Gasteiger partial charge in [0.25, 0.3) is 0 Å². The second-order valence-corrected chi connectivity index (χ2v) is 7.20. The van der Waals surface area contributed by atoms with E-state index in [0.29, 0.717) is 12.1 Å². The summed E-state index contributed by atoms with van der Waals surface area (Å²) in [5, 5.41) is 0. The van der Waals surface area contributed by atoms with Gasteiger partial charge in [-0.05, 0) is 69.6 Å². The molecule has 2 saturated heterocycles. The van der Waals surface area contributed by atoms with Crippen LogP contribution in [0.2, 0.25) is 0 Å². The largest absolute Gasteiger partial charge is 0.489 e. The Morgan fingerprint density at radius 3 is 2.81 bits per heavy atom. The van der Waals surface area contributed by atoms with Gasteiger partial charge in [0, 0.05) is 25.0 Å². The molecule has 1 aromatic carbocycles. The highest BCUT2D eigenvalue weighted by Gasteiger charge is 2.39. The van der Waals surface area contributed by atoms with E-state index in [1.54, 1.807) is 0 Å². The standard InChI is InChI=1S/C18H26N2O/c1-19(2)17-5-3-4-13-6-7-15(10-16(13)17)21-18-12-20-9-8-14(18)11-20/h6-7,10,14,17-18H,3-5,8-9,11-12H2,1-2H3. The number of ether oxygens (including phenoxy) is 1. The Labute approximate surface area is 127 Å². The molecule has 2 heterocycles. The zero-order chi connectivity index (χ0) is 14.4. The molecule has 3 nitrogen and oxygen atoms in total. The lowest BCUT2D eigenvalue weighted by Crippen LogP contribution is -2.32. The minimum atomic E-state index is 0.415. The van der Waals surface area contributed by atoms with Gasteiger partial charge in [-0.1, -0.05) is 6.07 Å². The van der Waals surface area contributed by atoms with Crippen molar-refractivity contribution < 1.29 is 4.74 Å². The van der Waals surface area contributed by atoms with E-state index in [9.17, 15) is 0 Å². The molecule has 2 fully saturated rings. The highest BCUT2D eigenvalue weighted by Crippen LogP contribution is 2.37. The predicted molar refractivity (Wildman–Crippen MR) is 84.8 cm³/mol. The van der Waals surface area contributed by atoms with Crippen molar-refractivity contribution in [2.24, 2.45) is 5.92 Å². The summed E-state index contributed by atoms with van der Waals surface area (Å²) in [5.74, 6) is 1.84. The van der Waals surface area contributed by atoms with Crippen molar-refractivity contribution >= 4 is 0 Å².